The SMILES string of the molecule is Nc1cc(Br)ccc1CS(=O)c1ccc(F)c(Cl)c1. The third-order valence-corrected chi connectivity index (χ3v) is 4.68. The highest BCUT2D eigenvalue weighted by atomic mass is 79.9. The van der Waals surface area contributed by atoms with Crippen LogP contribution in [0, 0.1) is 5.82 Å². The fraction of sp³-hybridized carbons (Fsp3) is 0.0769. The lowest BCUT2D eigenvalue weighted by atomic mass is 10.2. The molecule has 2 aromatic rings. The highest BCUT2D eigenvalue weighted by Crippen LogP contribution is 2.23. The van der Waals surface area contributed by atoms with Gasteiger partial charge in [0.1, 0.15) is 5.82 Å². The second-order valence-electron chi connectivity index (χ2n) is 3.91. The lowest BCUT2D eigenvalue weighted by Gasteiger charge is -2.07. The van der Waals surface area contributed by atoms with Crippen LogP contribution in [0.5, 0.6) is 0 Å². The third-order valence-electron chi connectivity index (χ3n) is 2.55. The quantitative estimate of drug-likeness (QED) is 0.834. The van der Waals surface area contributed by atoms with E-state index in [1.807, 2.05) is 12.1 Å². The monoisotopic (exact) mass is 361 g/mol. The molecule has 0 saturated heterocycles. The molecule has 2 N–H and O–H groups in total. The van der Waals surface area contributed by atoms with Crippen molar-refractivity contribution in [3.05, 3.63) is 57.3 Å². The summed E-state index contributed by atoms with van der Waals surface area (Å²) < 4.78 is 26.1. The van der Waals surface area contributed by atoms with Crippen molar-refractivity contribution in [3.8, 4) is 0 Å². The van der Waals surface area contributed by atoms with E-state index in [9.17, 15) is 8.60 Å². The van der Waals surface area contributed by atoms with Crippen LogP contribution >= 0.6 is 27.5 Å². The van der Waals surface area contributed by atoms with Gasteiger partial charge in [-0.3, -0.25) is 4.21 Å². The zero-order valence-electron chi connectivity index (χ0n) is 9.70. The third kappa shape index (κ3) is 3.55. The molecule has 0 aromatic heterocycles. The van der Waals surface area contributed by atoms with E-state index in [0.717, 1.165) is 10.0 Å². The Hall–Kier alpha value is -0.910. The first-order valence-electron chi connectivity index (χ1n) is 5.34. The van der Waals surface area contributed by atoms with Crippen molar-refractivity contribution in [1.82, 2.24) is 0 Å². The van der Waals surface area contributed by atoms with Crippen molar-refractivity contribution < 1.29 is 8.60 Å². The molecule has 100 valence electrons. The van der Waals surface area contributed by atoms with Crippen LogP contribution in [0.4, 0.5) is 10.1 Å². The molecular formula is C13H10BrClFNOS. The molecular weight excluding hydrogens is 353 g/mol. The first-order valence-corrected chi connectivity index (χ1v) is 7.83. The van der Waals surface area contributed by atoms with Crippen LogP contribution in [0.3, 0.4) is 0 Å². The molecule has 0 heterocycles. The molecule has 0 bridgehead atoms. The van der Waals surface area contributed by atoms with Crippen molar-refractivity contribution in [2.45, 2.75) is 10.6 Å². The van der Waals surface area contributed by atoms with E-state index in [-0.39, 0.29) is 10.8 Å². The summed E-state index contributed by atoms with van der Waals surface area (Å²) in [5.41, 5.74) is 7.20. The molecule has 2 aromatic carbocycles. The summed E-state index contributed by atoms with van der Waals surface area (Å²) in [6.45, 7) is 0. The van der Waals surface area contributed by atoms with Gasteiger partial charge in [0.2, 0.25) is 0 Å². The fourth-order valence-electron chi connectivity index (χ4n) is 1.54. The molecule has 0 aliphatic carbocycles. The maximum Gasteiger partial charge on any atom is 0.141 e. The summed E-state index contributed by atoms with van der Waals surface area (Å²) in [5.74, 6) is -0.258. The number of nitrogens with two attached hydrogens (primary N) is 1. The van der Waals surface area contributed by atoms with Gasteiger partial charge < -0.3 is 5.73 Å². The zero-order chi connectivity index (χ0) is 14.0. The number of hydrogen-bond acceptors (Lipinski definition) is 2. The maximum absolute atomic E-state index is 13.0. The summed E-state index contributed by atoms with van der Waals surface area (Å²) in [4.78, 5) is 0.480. The molecule has 0 aliphatic rings. The fourth-order valence-corrected chi connectivity index (χ4v) is 3.35. The summed E-state index contributed by atoms with van der Waals surface area (Å²) in [6, 6.07) is 9.45. The normalized spacial score (nSPS) is 12.4. The topological polar surface area (TPSA) is 43.1 Å². The van der Waals surface area contributed by atoms with Gasteiger partial charge >= 0.3 is 0 Å². The van der Waals surface area contributed by atoms with Crippen molar-refractivity contribution in [3.63, 3.8) is 0 Å². The van der Waals surface area contributed by atoms with E-state index >= 15 is 0 Å². The average molecular weight is 363 g/mol. The van der Waals surface area contributed by atoms with E-state index in [2.05, 4.69) is 15.9 Å². The van der Waals surface area contributed by atoms with Crippen molar-refractivity contribution in [2.24, 2.45) is 0 Å². The van der Waals surface area contributed by atoms with E-state index in [1.165, 1.54) is 18.2 Å². The van der Waals surface area contributed by atoms with Gasteiger partial charge in [0.25, 0.3) is 0 Å². The lowest BCUT2D eigenvalue weighted by molar-refractivity contribution is 0.626. The minimum atomic E-state index is -1.32. The van der Waals surface area contributed by atoms with E-state index in [4.69, 9.17) is 17.3 Å². The average Bonchev–Trinajstić information content (AvgIpc) is 2.36. The highest BCUT2D eigenvalue weighted by Gasteiger charge is 2.10. The predicted octanol–water partition coefficient (Wildman–Crippen LogP) is 4.13. The van der Waals surface area contributed by atoms with Gasteiger partial charge in [-0.1, -0.05) is 33.6 Å². The van der Waals surface area contributed by atoms with E-state index in [0.29, 0.717) is 10.6 Å². The Balaban J connectivity index is 2.23. The minimum absolute atomic E-state index is 0.0328. The summed E-state index contributed by atoms with van der Waals surface area (Å²) in [5, 5.41) is -0.0328. The Kier molecular flexibility index (Phi) is 4.60. The number of rotatable bonds is 3. The summed E-state index contributed by atoms with van der Waals surface area (Å²) in [6.07, 6.45) is 0. The van der Waals surface area contributed by atoms with E-state index < -0.39 is 16.6 Å². The molecule has 2 rings (SSSR count). The smallest absolute Gasteiger partial charge is 0.141 e. The largest absolute Gasteiger partial charge is 0.398 e. The van der Waals surface area contributed by atoms with Gasteiger partial charge in [0, 0.05) is 15.1 Å². The van der Waals surface area contributed by atoms with Crippen LogP contribution < -0.4 is 5.73 Å². The second-order valence-corrected chi connectivity index (χ2v) is 6.68. The number of nitrogen functional groups attached to an aromatic ring is 1. The Morgan fingerprint density at radius 3 is 2.63 bits per heavy atom. The first kappa shape index (κ1) is 14.5. The Morgan fingerprint density at radius 2 is 2.00 bits per heavy atom. The number of halogens is 3. The number of anilines is 1. The Labute approximate surface area is 126 Å². The Bertz CT molecular complexity index is 651. The molecule has 0 radical (unpaired) electrons. The molecule has 0 aliphatic heterocycles. The number of benzene rings is 2. The van der Waals surface area contributed by atoms with Crippen LogP contribution in [0.2, 0.25) is 5.02 Å². The molecule has 6 heteroatoms. The predicted molar refractivity (Wildman–Crippen MR) is 80.1 cm³/mol. The maximum atomic E-state index is 13.0. The zero-order valence-corrected chi connectivity index (χ0v) is 12.9. The van der Waals surface area contributed by atoms with Gasteiger partial charge in [-0.05, 0) is 35.9 Å². The molecule has 0 saturated carbocycles. The standard InChI is InChI=1S/C13H10BrClFNOS/c14-9-2-1-8(13(17)5-9)7-19(18)10-3-4-12(16)11(15)6-10/h1-6H,7,17H2. The van der Waals surface area contributed by atoms with Crippen molar-refractivity contribution in [1.29, 1.82) is 0 Å². The molecule has 0 fully saturated rings. The van der Waals surface area contributed by atoms with Crippen LogP contribution in [-0.2, 0) is 16.6 Å². The molecule has 2 nitrogen and oxygen atoms in total. The van der Waals surface area contributed by atoms with Crippen molar-refractivity contribution in [2.75, 3.05) is 5.73 Å². The van der Waals surface area contributed by atoms with Crippen LogP contribution in [0.25, 0.3) is 0 Å². The van der Waals surface area contributed by atoms with Gasteiger partial charge in [0.15, 0.2) is 0 Å². The van der Waals surface area contributed by atoms with Crippen molar-refractivity contribution >= 4 is 44.0 Å². The molecule has 1 atom stereocenters. The van der Waals surface area contributed by atoms with Gasteiger partial charge in [-0.25, -0.2) is 4.39 Å². The number of hydrogen-bond donors (Lipinski definition) is 1. The minimum Gasteiger partial charge on any atom is -0.398 e. The molecule has 19 heavy (non-hydrogen) atoms. The van der Waals surface area contributed by atoms with E-state index in [1.54, 1.807) is 6.07 Å². The molecule has 0 amide bonds. The molecule has 1 unspecified atom stereocenters. The van der Waals surface area contributed by atoms with Gasteiger partial charge in [-0.15, -0.1) is 0 Å². The first-order chi connectivity index (χ1) is 8.97. The van der Waals surface area contributed by atoms with Crippen LogP contribution in [0.15, 0.2) is 45.8 Å². The van der Waals surface area contributed by atoms with Gasteiger partial charge in [-0.2, -0.15) is 0 Å². The lowest BCUT2D eigenvalue weighted by Crippen LogP contribution is -2.01. The van der Waals surface area contributed by atoms with Gasteiger partial charge in [0.05, 0.1) is 21.6 Å². The summed E-state index contributed by atoms with van der Waals surface area (Å²) in [7, 11) is -1.32. The second kappa shape index (κ2) is 6.03. The Morgan fingerprint density at radius 1 is 1.26 bits per heavy atom. The molecule has 0 spiro atoms. The van der Waals surface area contributed by atoms with Crippen LogP contribution in [0.1, 0.15) is 5.56 Å². The van der Waals surface area contributed by atoms with Crippen LogP contribution in [-0.4, -0.2) is 4.21 Å². The summed E-state index contributed by atoms with van der Waals surface area (Å²) >= 11 is 8.98. The highest BCUT2D eigenvalue weighted by molar-refractivity contribution is 9.10.